The van der Waals surface area contributed by atoms with Crippen molar-refractivity contribution in [1.29, 1.82) is 0 Å². The number of thiazole rings is 1. The summed E-state index contributed by atoms with van der Waals surface area (Å²) in [6, 6.07) is 14.0. The van der Waals surface area contributed by atoms with Crippen LogP contribution in [0, 0.1) is 10.1 Å². The number of hydrogen-bond acceptors (Lipinski definition) is 7. The molecular weight excluding hydrogens is 428 g/mol. The van der Waals surface area contributed by atoms with Crippen molar-refractivity contribution in [3.05, 3.63) is 70.3 Å². The van der Waals surface area contributed by atoms with Gasteiger partial charge >= 0.3 is 0 Å². The highest BCUT2D eigenvalue weighted by Gasteiger charge is 2.19. The molecule has 0 bridgehead atoms. The fourth-order valence-corrected chi connectivity index (χ4v) is 4.51. The average Bonchev–Trinajstić information content (AvgIpc) is 3.25. The maximum Gasteiger partial charge on any atom is 0.269 e. The zero-order chi connectivity index (χ0) is 22.3. The molecule has 0 N–H and O–H groups in total. The predicted octanol–water partition coefficient (Wildman–Crippen LogP) is 3.97. The molecule has 0 saturated carbocycles. The summed E-state index contributed by atoms with van der Waals surface area (Å²) in [6.45, 7) is 4.77. The van der Waals surface area contributed by atoms with Gasteiger partial charge in [0, 0.05) is 44.4 Å². The van der Waals surface area contributed by atoms with Crippen molar-refractivity contribution in [2.45, 2.75) is 6.42 Å². The summed E-state index contributed by atoms with van der Waals surface area (Å²) in [5.41, 5.74) is 1.62. The molecule has 2 aromatic carbocycles. The second-order valence-electron chi connectivity index (χ2n) is 7.44. The highest BCUT2D eigenvalue weighted by molar-refractivity contribution is 7.22. The van der Waals surface area contributed by atoms with E-state index in [-0.39, 0.29) is 11.6 Å². The van der Waals surface area contributed by atoms with E-state index in [9.17, 15) is 14.9 Å². The van der Waals surface area contributed by atoms with E-state index in [0.717, 1.165) is 55.0 Å². The number of nitrogens with zero attached hydrogens (tertiary/aromatic N) is 4. The summed E-state index contributed by atoms with van der Waals surface area (Å²) in [7, 11) is 0. The first-order valence-corrected chi connectivity index (χ1v) is 11.3. The number of rotatable bonds is 8. The molecule has 1 aliphatic rings. The molecule has 0 spiro atoms. The molecule has 8 nitrogen and oxygen atoms in total. The van der Waals surface area contributed by atoms with Crippen LogP contribution in [0.2, 0.25) is 0 Å². The second-order valence-corrected chi connectivity index (χ2v) is 8.45. The molecule has 4 rings (SSSR count). The number of nitro groups is 1. The molecule has 1 amide bonds. The van der Waals surface area contributed by atoms with Crippen LogP contribution < -0.4 is 4.90 Å². The van der Waals surface area contributed by atoms with Gasteiger partial charge in [-0.1, -0.05) is 23.5 Å². The Hall–Kier alpha value is -3.14. The normalized spacial score (nSPS) is 14.8. The first-order valence-electron chi connectivity index (χ1n) is 10.5. The van der Waals surface area contributed by atoms with Crippen LogP contribution in [0.25, 0.3) is 16.3 Å². The van der Waals surface area contributed by atoms with Gasteiger partial charge in [0.1, 0.15) is 0 Å². The summed E-state index contributed by atoms with van der Waals surface area (Å²) in [5, 5.41) is 11.5. The molecule has 0 unspecified atom stereocenters. The minimum atomic E-state index is -0.442. The summed E-state index contributed by atoms with van der Waals surface area (Å²) in [5.74, 6) is -0.163. The van der Waals surface area contributed by atoms with Crippen molar-refractivity contribution in [2.75, 3.05) is 44.3 Å². The number of fused-ring (bicyclic) bond motifs is 1. The van der Waals surface area contributed by atoms with Gasteiger partial charge in [0.2, 0.25) is 0 Å². The third-order valence-electron chi connectivity index (χ3n) is 5.26. The third kappa shape index (κ3) is 5.56. The van der Waals surface area contributed by atoms with Gasteiger partial charge in [-0.15, -0.1) is 0 Å². The lowest BCUT2D eigenvalue weighted by molar-refractivity contribution is -0.384. The molecule has 32 heavy (non-hydrogen) atoms. The minimum absolute atomic E-state index is 0.0210. The highest BCUT2D eigenvalue weighted by atomic mass is 32.1. The third-order valence-corrected chi connectivity index (χ3v) is 6.32. The van der Waals surface area contributed by atoms with Gasteiger partial charge in [0.25, 0.3) is 11.6 Å². The van der Waals surface area contributed by atoms with E-state index >= 15 is 0 Å². The Morgan fingerprint density at radius 2 is 1.94 bits per heavy atom. The first-order chi connectivity index (χ1) is 15.6. The fourth-order valence-electron chi connectivity index (χ4n) is 3.52. The van der Waals surface area contributed by atoms with Crippen molar-refractivity contribution in [1.82, 2.24) is 9.88 Å². The summed E-state index contributed by atoms with van der Waals surface area (Å²) >= 11 is 1.50. The minimum Gasteiger partial charge on any atom is -0.379 e. The molecule has 2 heterocycles. The molecule has 1 aliphatic heterocycles. The van der Waals surface area contributed by atoms with Crippen molar-refractivity contribution in [3.63, 3.8) is 0 Å². The number of amides is 1. The van der Waals surface area contributed by atoms with Crippen molar-refractivity contribution in [2.24, 2.45) is 0 Å². The summed E-state index contributed by atoms with van der Waals surface area (Å²) in [6.07, 6.45) is 4.00. The van der Waals surface area contributed by atoms with E-state index in [1.165, 1.54) is 29.5 Å². The van der Waals surface area contributed by atoms with Gasteiger partial charge in [-0.25, -0.2) is 4.98 Å². The van der Waals surface area contributed by atoms with E-state index in [1.54, 1.807) is 23.1 Å². The van der Waals surface area contributed by atoms with Gasteiger partial charge in [-0.05, 0) is 42.3 Å². The Kier molecular flexibility index (Phi) is 7.21. The van der Waals surface area contributed by atoms with Crippen LogP contribution >= 0.6 is 11.3 Å². The summed E-state index contributed by atoms with van der Waals surface area (Å²) in [4.78, 5) is 32.2. The van der Waals surface area contributed by atoms with Gasteiger partial charge < -0.3 is 4.74 Å². The lowest BCUT2D eigenvalue weighted by Crippen LogP contribution is -2.39. The number of benzene rings is 2. The van der Waals surface area contributed by atoms with Crippen molar-refractivity contribution < 1.29 is 14.5 Å². The Morgan fingerprint density at radius 1 is 1.19 bits per heavy atom. The number of aromatic nitrogens is 1. The number of anilines is 1. The topological polar surface area (TPSA) is 88.8 Å². The zero-order valence-electron chi connectivity index (χ0n) is 17.6. The molecule has 0 aliphatic carbocycles. The van der Waals surface area contributed by atoms with E-state index < -0.39 is 4.92 Å². The van der Waals surface area contributed by atoms with E-state index in [1.807, 2.05) is 24.3 Å². The Bertz CT molecular complexity index is 1070. The molecule has 0 atom stereocenters. The first kappa shape index (κ1) is 22.1. The van der Waals surface area contributed by atoms with E-state index in [4.69, 9.17) is 4.74 Å². The molecule has 3 aromatic rings. The number of carbonyl (C=O) groups excluding carboxylic acids is 1. The van der Waals surface area contributed by atoms with Crippen molar-refractivity contribution >= 4 is 44.4 Å². The number of ether oxygens (including phenoxy) is 1. The molecule has 166 valence electrons. The average molecular weight is 453 g/mol. The molecular formula is C23H24N4O4S. The zero-order valence-corrected chi connectivity index (χ0v) is 18.4. The monoisotopic (exact) mass is 452 g/mol. The summed E-state index contributed by atoms with van der Waals surface area (Å²) < 4.78 is 6.44. The molecule has 1 saturated heterocycles. The predicted molar refractivity (Wildman–Crippen MR) is 126 cm³/mol. The quantitative estimate of drug-likeness (QED) is 0.292. The number of nitro benzene ring substituents is 1. The SMILES string of the molecule is O=C(C=Cc1ccc([N+](=O)[O-])cc1)N(CCCN1CCOCC1)c1nc2ccccc2s1. The molecule has 9 heteroatoms. The fraction of sp³-hybridized carbons (Fsp3) is 0.304. The largest absolute Gasteiger partial charge is 0.379 e. The van der Waals surface area contributed by atoms with Crippen LogP contribution in [-0.2, 0) is 9.53 Å². The molecule has 1 fully saturated rings. The van der Waals surface area contributed by atoms with Crippen molar-refractivity contribution in [3.8, 4) is 0 Å². The maximum atomic E-state index is 13.1. The van der Waals surface area contributed by atoms with E-state index in [0.29, 0.717) is 11.7 Å². The van der Waals surface area contributed by atoms with Crippen LogP contribution in [0.15, 0.2) is 54.6 Å². The number of morpholine rings is 1. The Balaban J connectivity index is 1.49. The lowest BCUT2D eigenvalue weighted by atomic mass is 10.2. The van der Waals surface area contributed by atoms with Crippen LogP contribution in [0.3, 0.4) is 0 Å². The van der Waals surface area contributed by atoms with Gasteiger partial charge in [0.05, 0.1) is 28.4 Å². The van der Waals surface area contributed by atoms with Gasteiger partial charge in [-0.2, -0.15) is 0 Å². The number of carbonyl (C=O) groups is 1. The smallest absolute Gasteiger partial charge is 0.269 e. The second kappa shape index (κ2) is 10.4. The number of non-ortho nitro benzene ring substituents is 1. The Labute approximate surface area is 189 Å². The van der Waals surface area contributed by atoms with Crippen LogP contribution in [0.5, 0.6) is 0 Å². The van der Waals surface area contributed by atoms with Crippen LogP contribution in [-0.4, -0.2) is 60.1 Å². The van der Waals surface area contributed by atoms with E-state index in [2.05, 4.69) is 9.88 Å². The lowest BCUT2D eigenvalue weighted by Gasteiger charge is -2.27. The van der Waals surface area contributed by atoms with Gasteiger partial charge in [0.15, 0.2) is 5.13 Å². The standard InChI is InChI=1S/C23H24N4O4S/c28-22(11-8-18-6-9-19(10-7-18)27(29)30)26(13-3-12-25-14-16-31-17-15-25)23-24-20-4-1-2-5-21(20)32-23/h1-2,4-11H,3,12-17H2. The molecule has 0 radical (unpaired) electrons. The highest BCUT2D eigenvalue weighted by Crippen LogP contribution is 2.29. The number of hydrogen-bond donors (Lipinski definition) is 0. The Morgan fingerprint density at radius 3 is 2.66 bits per heavy atom. The van der Waals surface area contributed by atoms with Crippen LogP contribution in [0.4, 0.5) is 10.8 Å². The van der Waals surface area contributed by atoms with Crippen LogP contribution in [0.1, 0.15) is 12.0 Å². The number of para-hydroxylation sites is 1. The maximum absolute atomic E-state index is 13.1. The molecule has 1 aromatic heterocycles. The van der Waals surface area contributed by atoms with Gasteiger partial charge in [-0.3, -0.25) is 24.7 Å².